The van der Waals surface area contributed by atoms with E-state index < -0.39 is 53.6 Å². The Hall–Kier alpha value is 0.145. The van der Waals surface area contributed by atoms with Gasteiger partial charge < -0.3 is 29.4 Å². The Labute approximate surface area is 546 Å². The van der Waals surface area contributed by atoms with Gasteiger partial charge >= 0.3 is 72.0 Å². The van der Waals surface area contributed by atoms with Gasteiger partial charge in [0.05, 0.1) is 65.6 Å². The average Bonchev–Trinajstić information content (AvgIpc) is 4.08. The van der Waals surface area contributed by atoms with Gasteiger partial charge in [0, 0.05) is 125 Å². The van der Waals surface area contributed by atoms with Crippen molar-refractivity contribution in [3.8, 4) is 0 Å². The van der Waals surface area contributed by atoms with Crippen LogP contribution in [0.3, 0.4) is 0 Å². The number of aromatic nitrogens is 10. The summed E-state index contributed by atoms with van der Waals surface area (Å²) in [7, 11) is -1.78. The van der Waals surface area contributed by atoms with E-state index in [9.17, 15) is 43.9 Å². The van der Waals surface area contributed by atoms with Crippen LogP contribution in [0.25, 0.3) is 0 Å². The van der Waals surface area contributed by atoms with Crippen molar-refractivity contribution in [3.05, 3.63) is 81.5 Å². The van der Waals surface area contributed by atoms with E-state index in [1.807, 2.05) is 121 Å². The van der Waals surface area contributed by atoms with E-state index in [4.69, 9.17) is 27.9 Å². The molecule has 0 bridgehead atoms. The van der Waals surface area contributed by atoms with Crippen LogP contribution >= 0.6 is 124 Å². The summed E-state index contributed by atoms with van der Waals surface area (Å²) in [6.45, 7) is 23.5. The zero-order valence-corrected chi connectivity index (χ0v) is 56.6. The number of hydrogen-bond donors (Lipinski definition) is 2. The van der Waals surface area contributed by atoms with Crippen LogP contribution in [0, 0.1) is 0 Å². The molecule has 8 rings (SSSR count). The molecule has 3 aliphatic rings. The first-order valence-corrected chi connectivity index (χ1v) is 29.0. The van der Waals surface area contributed by atoms with Crippen LogP contribution in [0.5, 0.6) is 0 Å². The molecule has 0 radical (unpaired) electrons. The molecule has 79 heavy (non-hydrogen) atoms. The minimum atomic E-state index is -4.53. The molecule has 0 saturated carbocycles. The van der Waals surface area contributed by atoms with Crippen molar-refractivity contribution in [3.63, 3.8) is 0 Å². The van der Waals surface area contributed by atoms with E-state index in [0.717, 1.165) is 29.3 Å². The summed E-state index contributed by atoms with van der Waals surface area (Å²) in [5.41, 5.74) is -2.35. The molecule has 0 spiro atoms. The number of halogens is 18. The van der Waals surface area contributed by atoms with Gasteiger partial charge in [-0.3, -0.25) is 10.2 Å². The Morgan fingerprint density at radius 2 is 0.823 bits per heavy atom. The van der Waals surface area contributed by atoms with Gasteiger partial charge in [0.15, 0.2) is 0 Å². The Morgan fingerprint density at radius 3 is 1.01 bits per heavy atom. The van der Waals surface area contributed by atoms with E-state index in [2.05, 4.69) is 128 Å². The molecule has 3 aliphatic heterocycles. The summed E-state index contributed by atoms with van der Waals surface area (Å²) in [5, 5.41) is 22.1. The van der Waals surface area contributed by atoms with Crippen molar-refractivity contribution in [2.24, 2.45) is 0 Å². The number of hydrogen-bond acceptors (Lipinski definition) is 11. The van der Waals surface area contributed by atoms with E-state index in [1.165, 1.54) is 12.4 Å². The molecule has 452 valence electrons. The molecule has 3 saturated heterocycles. The van der Waals surface area contributed by atoms with Crippen LogP contribution in [0.15, 0.2) is 81.5 Å². The van der Waals surface area contributed by atoms with E-state index in [1.54, 1.807) is 24.8 Å². The van der Waals surface area contributed by atoms with Crippen molar-refractivity contribution >= 4 is 150 Å². The van der Waals surface area contributed by atoms with Gasteiger partial charge in [-0.1, -0.05) is 29.7 Å². The third-order valence-corrected chi connectivity index (χ3v) is 12.3. The average molecular weight is 1680 g/mol. The summed E-state index contributed by atoms with van der Waals surface area (Å²) < 4.78 is 153. The minimum absolute atomic E-state index is 0. The number of aromatic amines is 2. The molecule has 0 aromatic carbocycles. The van der Waals surface area contributed by atoms with Gasteiger partial charge in [0.2, 0.25) is 0 Å². The summed E-state index contributed by atoms with van der Waals surface area (Å²) in [5.74, 6) is 0. The molecule has 5 aromatic rings. The van der Waals surface area contributed by atoms with Gasteiger partial charge in [-0.05, 0) is 137 Å². The number of H-pyrrole nitrogens is 2. The Balaban J connectivity index is -0.000000206. The number of nitrogens with one attached hydrogen (secondary N) is 2. The number of alkyl halides is 13. The third-order valence-electron chi connectivity index (χ3n) is 10.6. The summed E-state index contributed by atoms with van der Waals surface area (Å²) in [6, 6.07) is 1.83. The van der Waals surface area contributed by atoms with Crippen molar-refractivity contribution in [1.29, 1.82) is 0 Å². The van der Waals surface area contributed by atoms with Gasteiger partial charge in [-0.2, -0.15) is 57.1 Å². The second kappa shape index (κ2) is 35.7. The largest absolute Gasteiger partial charge is 1.00 e. The number of rotatable bonds is 3. The second-order valence-corrected chi connectivity index (χ2v) is 24.5. The molecular formula is C41H66B3Br8F10N10NaO6. The standard InChI is InChI=1S/C12H24B2O4.C10H14BF3N2O2.C4H2Br2F2N2.C4H2BrF3N2.C3H3BrN2.C3H4N2.CBr2F2.4CH4.Br2.Na.H/c1-9(2)10(3,4)16-13(15-9)14-17-11(5,6)12(7,8)18-14;1-8(2)9(3,4)18-11(17-8)7-5-15-16(6-7)10(12,13)14;2*5-3-1-9-10(2-3)4(6,7)8;4-3-1-5-6-2-3;1-2-4-5-3-1;2-1(3,4)5;;;;;1-2;;/h1-8H3;5-6H,1-4H3;2*1-2H;1-2H,(H,5,6);1-3H,(H,4,5);;4*1H4;;;/q;;;;;;;;;;;;+1;-1. The first-order chi connectivity index (χ1) is 33.3. The third kappa shape index (κ3) is 30.4. The Morgan fingerprint density at radius 1 is 0.494 bits per heavy atom. The quantitative estimate of drug-likeness (QED) is 0.100. The molecule has 3 fully saturated rings. The van der Waals surface area contributed by atoms with Gasteiger partial charge in [0.1, 0.15) is 0 Å². The molecule has 0 aliphatic carbocycles. The van der Waals surface area contributed by atoms with Gasteiger partial charge in [-0.15, -0.1) is 26.3 Å². The molecule has 0 atom stereocenters. The van der Waals surface area contributed by atoms with Crippen LogP contribution in [0.4, 0.5) is 43.9 Å². The van der Waals surface area contributed by atoms with Gasteiger partial charge in [-0.25, -0.2) is 0 Å². The summed E-state index contributed by atoms with van der Waals surface area (Å²) in [6.07, 6.45) is 4.35. The fourth-order valence-corrected chi connectivity index (χ4v) is 5.87. The van der Waals surface area contributed by atoms with Crippen molar-refractivity contribution in [2.45, 2.75) is 168 Å². The molecule has 2 N–H and O–H groups in total. The predicted octanol–water partition coefficient (Wildman–Crippen LogP) is 13.8. The smallest absolute Gasteiger partial charge is 1.00 e. The van der Waals surface area contributed by atoms with E-state index >= 15 is 0 Å². The van der Waals surface area contributed by atoms with E-state index in [0.29, 0.717) is 13.6 Å². The van der Waals surface area contributed by atoms with Crippen LogP contribution in [-0.4, -0.2) is 108 Å². The number of nitrogens with zero attached hydrogens (tertiary/aromatic N) is 8. The molecule has 8 heterocycles. The maximum absolute atomic E-state index is 12.4. The zero-order valence-electron chi connectivity index (χ0n) is 42.9. The maximum atomic E-state index is 12.4. The first kappa shape index (κ1) is 87.9. The van der Waals surface area contributed by atoms with Crippen molar-refractivity contribution < 1.29 is 103 Å². The van der Waals surface area contributed by atoms with Crippen LogP contribution < -0.4 is 35.0 Å². The fourth-order valence-electron chi connectivity index (χ4n) is 4.91. The molecule has 0 amide bonds. The second-order valence-electron chi connectivity index (χ2n) is 17.8. The van der Waals surface area contributed by atoms with E-state index in [-0.39, 0.29) is 97.9 Å². The minimum Gasteiger partial charge on any atom is -1.00 e. The first-order valence-electron chi connectivity index (χ1n) is 20.5. The van der Waals surface area contributed by atoms with Crippen molar-refractivity contribution in [2.75, 3.05) is 0 Å². The molecule has 38 heteroatoms. The topological polar surface area (TPSA) is 166 Å². The normalized spacial score (nSPS) is 17.5. The molecule has 0 unspecified atom stereocenters. The molecule has 16 nitrogen and oxygen atoms in total. The molecular weight excluding hydrogens is 1610 g/mol. The van der Waals surface area contributed by atoms with Gasteiger partial charge in [0.25, 0.3) is 0 Å². The van der Waals surface area contributed by atoms with Crippen molar-refractivity contribution in [1.82, 2.24) is 49.7 Å². The monoisotopic (exact) mass is 1670 g/mol. The maximum Gasteiger partial charge on any atom is 1.00 e. The SMILES string of the molecule is BrBr.Brc1cn[nH]c1.C.C.C.C.CC1(C)OB(B2OC(C)(C)C(C)(C)O2)OC1(C)C.CC1(C)OB(c2cnn(C(F)(F)F)c2)OC1(C)C.FC(F)(Br)Br.FC(F)(Br)n1cc(Br)cn1.FC(F)(F)n1cc(Br)cn1.[H-].[Na+].c1cn[nH]c1. The summed E-state index contributed by atoms with van der Waals surface area (Å²) in [4.78, 5) is -3.10. The predicted molar refractivity (Wildman–Crippen MR) is 315 cm³/mol. The Kier molecular flexibility index (Phi) is 39.7. The fraction of sp³-hybridized carbons (Fsp3) is 0.634. The summed E-state index contributed by atoms with van der Waals surface area (Å²) >= 11 is 20.6. The van der Waals surface area contributed by atoms with Crippen LogP contribution in [0.2, 0.25) is 0 Å². The zero-order chi connectivity index (χ0) is 57.7. The Bertz CT molecular complexity index is 2240. The van der Waals surface area contributed by atoms with Crippen LogP contribution in [-0.2, 0) is 45.5 Å². The molecule has 5 aromatic heterocycles. The van der Waals surface area contributed by atoms with Crippen LogP contribution in [0.1, 0.15) is 114 Å².